The van der Waals surface area contributed by atoms with Crippen LogP contribution in [0.2, 0.25) is 0 Å². The predicted molar refractivity (Wildman–Crippen MR) is 73.9 cm³/mol. The summed E-state index contributed by atoms with van der Waals surface area (Å²) >= 11 is 3.29. The van der Waals surface area contributed by atoms with Crippen molar-refractivity contribution in [2.45, 2.75) is 6.42 Å². The highest BCUT2D eigenvalue weighted by atomic mass is 79.9. The van der Waals surface area contributed by atoms with E-state index >= 15 is 0 Å². The third kappa shape index (κ3) is 3.02. The first-order valence-corrected chi connectivity index (χ1v) is 8.05. The molecule has 1 unspecified atom stereocenters. The van der Waals surface area contributed by atoms with Gasteiger partial charge in [-0.05, 0) is 40.5 Å². The lowest BCUT2D eigenvalue weighted by Gasteiger charge is -2.11. The van der Waals surface area contributed by atoms with Crippen LogP contribution in [0, 0.1) is 5.92 Å². The van der Waals surface area contributed by atoms with Gasteiger partial charge in [0, 0.05) is 10.2 Å². The molecule has 0 aromatic heterocycles. The van der Waals surface area contributed by atoms with Gasteiger partial charge in [-0.2, -0.15) is 0 Å². The zero-order valence-electron chi connectivity index (χ0n) is 9.52. The highest BCUT2D eigenvalue weighted by Crippen LogP contribution is 2.26. The number of hydrogen-bond donors (Lipinski definition) is 2. The van der Waals surface area contributed by atoms with Crippen LogP contribution < -0.4 is 11.1 Å². The molecule has 3 N–H and O–H groups in total. The number of halogens is 1. The van der Waals surface area contributed by atoms with Gasteiger partial charge < -0.3 is 11.1 Å². The normalized spacial score (nSPS) is 21.7. The molecule has 1 saturated heterocycles. The van der Waals surface area contributed by atoms with E-state index in [1.165, 1.54) is 0 Å². The van der Waals surface area contributed by atoms with Crippen molar-refractivity contribution in [3.05, 3.63) is 22.7 Å². The van der Waals surface area contributed by atoms with Gasteiger partial charge in [-0.25, -0.2) is 8.42 Å². The van der Waals surface area contributed by atoms with Gasteiger partial charge in [0.05, 0.1) is 23.1 Å². The predicted octanol–water partition coefficient (Wildman–Crippen LogP) is 1.40. The second-order valence-electron chi connectivity index (χ2n) is 4.33. The molecule has 0 spiro atoms. The number of amides is 1. The van der Waals surface area contributed by atoms with E-state index in [0.717, 1.165) is 0 Å². The molecule has 1 fully saturated rings. The van der Waals surface area contributed by atoms with E-state index in [9.17, 15) is 13.2 Å². The van der Waals surface area contributed by atoms with Crippen molar-refractivity contribution in [2.75, 3.05) is 22.6 Å². The Balaban J connectivity index is 2.08. The summed E-state index contributed by atoms with van der Waals surface area (Å²) in [7, 11) is -3.04. The Labute approximate surface area is 114 Å². The molecule has 1 heterocycles. The molecule has 0 bridgehead atoms. The number of benzene rings is 1. The number of carbonyl (C=O) groups excluding carboxylic acids is 1. The van der Waals surface area contributed by atoms with Gasteiger partial charge >= 0.3 is 0 Å². The minimum absolute atomic E-state index is 0.0641. The summed E-state index contributed by atoms with van der Waals surface area (Å²) in [6.07, 6.45) is 0.390. The Morgan fingerprint density at radius 1 is 1.44 bits per heavy atom. The molecule has 98 valence electrons. The van der Waals surface area contributed by atoms with Crippen LogP contribution in [0.15, 0.2) is 22.7 Å². The van der Waals surface area contributed by atoms with Crippen LogP contribution in [-0.4, -0.2) is 25.8 Å². The Morgan fingerprint density at radius 2 is 2.17 bits per heavy atom. The minimum atomic E-state index is -3.04. The molecule has 5 nitrogen and oxygen atoms in total. The van der Waals surface area contributed by atoms with E-state index in [1.807, 2.05) is 0 Å². The lowest BCUT2D eigenvalue weighted by molar-refractivity contribution is -0.119. The number of sulfone groups is 1. The second kappa shape index (κ2) is 4.89. The summed E-state index contributed by atoms with van der Waals surface area (Å²) in [6.45, 7) is 0. The highest BCUT2D eigenvalue weighted by Gasteiger charge is 2.33. The molecule has 0 aliphatic carbocycles. The number of nitrogens with two attached hydrogens (primary N) is 1. The maximum absolute atomic E-state index is 11.9. The van der Waals surface area contributed by atoms with Gasteiger partial charge in [0.15, 0.2) is 9.84 Å². The molecule has 1 atom stereocenters. The average Bonchev–Trinajstić information content (AvgIpc) is 2.63. The van der Waals surface area contributed by atoms with E-state index in [2.05, 4.69) is 21.2 Å². The highest BCUT2D eigenvalue weighted by molar-refractivity contribution is 9.10. The molecular weight excluding hydrogens is 320 g/mol. The van der Waals surface area contributed by atoms with Crippen LogP contribution in [-0.2, 0) is 14.6 Å². The van der Waals surface area contributed by atoms with Gasteiger partial charge in [-0.1, -0.05) is 0 Å². The molecule has 1 aromatic rings. The number of hydrogen-bond acceptors (Lipinski definition) is 4. The largest absolute Gasteiger partial charge is 0.399 e. The van der Waals surface area contributed by atoms with E-state index < -0.39 is 15.8 Å². The van der Waals surface area contributed by atoms with Crippen LogP contribution in [0.3, 0.4) is 0 Å². The van der Waals surface area contributed by atoms with E-state index in [1.54, 1.807) is 18.2 Å². The lowest BCUT2D eigenvalue weighted by Crippen LogP contribution is -2.23. The van der Waals surface area contributed by atoms with Crippen molar-refractivity contribution < 1.29 is 13.2 Å². The van der Waals surface area contributed by atoms with Gasteiger partial charge in [-0.15, -0.1) is 0 Å². The fraction of sp³-hybridized carbons (Fsp3) is 0.364. The van der Waals surface area contributed by atoms with E-state index in [0.29, 0.717) is 22.3 Å². The van der Waals surface area contributed by atoms with Crippen LogP contribution in [0.25, 0.3) is 0 Å². The molecular formula is C11H13BrN2O3S. The first-order valence-electron chi connectivity index (χ1n) is 5.44. The van der Waals surface area contributed by atoms with Crippen molar-refractivity contribution in [1.82, 2.24) is 0 Å². The Hall–Kier alpha value is -1.08. The van der Waals surface area contributed by atoms with E-state index in [-0.39, 0.29) is 17.4 Å². The number of anilines is 2. The molecule has 0 saturated carbocycles. The summed E-state index contributed by atoms with van der Waals surface area (Å²) in [4.78, 5) is 11.9. The standard InChI is InChI=1S/C11H13BrN2O3S/c12-9-5-8(13)1-2-10(9)14-11(15)7-3-4-18(16,17)6-7/h1-2,5,7H,3-4,6,13H2,(H,14,15). The molecule has 2 rings (SSSR count). The topological polar surface area (TPSA) is 89.3 Å². The molecule has 1 aromatic carbocycles. The first kappa shape index (κ1) is 13.4. The first-order chi connectivity index (χ1) is 8.37. The smallest absolute Gasteiger partial charge is 0.228 e. The molecule has 7 heteroatoms. The van der Waals surface area contributed by atoms with Crippen molar-refractivity contribution in [2.24, 2.45) is 5.92 Å². The van der Waals surface area contributed by atoms with Crippen molar-refractivity contribution >= 4 is 43.0 Å². The lowest BCUT2D eigenvalue weighted by atomic mass is 10.1. The maximum atomic E-state index is 11.9. The quantitative estimate of drug-likeness (QED) is 0.801. The summed E-state index contributed by atoms with van der Waals surface area (Å²) in [5, 5.41) is 2.71. The second-order valence-corrected chi connectivity index (χ2v) is 7.41. The van der Waals surface area contributed by atoms with Crippen molar-refractivity contribution in [3.63, 3.8) is 0 Å². The monoisotopic (exact) mass is 332 g/mol. The fourth-order valence-electron chi connectivity index (χ4n) is 1.87. The zero-order chi connectivity index (χ0) is 13.3. The van der Waals surface area contributed by atoms with Crippen LogP contribution >= 0.6 is 15.9 Å². The SMILES string of the molecule is Nc1ccc(NC(=O)C2CCS(=O)(=O)C2)c(Br)c1. The molecule has 1 aliphatic rings. The summed E-state index contributed by atoms with van der Waals surface area (Å²) in [5.41, 5.74) is 6.78. The molecule has 18 heavy (non-hydrogen) atoms. The molecule has 0 radical (unpaired) electrons. The number of rotatable bonds is 2. The van der Waals surface area contributed by atoms with Gasteiger partial charge in [0.2, 0.25) is 5.91 Å². The van der Waals surface area contributed by atoms with E-state index in [4.69, 9.17) is 5.73 Å². The van der Waals surface area contributed by atoms with Crippen LogP contribution in [0.4, 0.5) is 11.4 Å². The van der Waals surface area contributed by atoms with Gasteiger partial charge in [0.1, 0.15) is 0 Å². The molecule has 1 aliphatic heterocycles. The summed E-state index contributed by atoms with van der Waals surface area (Å²) in [6, 6.07) is 5.04. The van der Waals surface area contributed by atoms with Crippen LogP contribution in [0.5, 0.6) is 0 Å². The number of carbonyl (C=O) groups is 1. The average molecular weight is 333 g/mol. The number of nitrogens with one attached hydrogen (secondary N) is 1. The zero-order valence-corrected chi connectivity index (χ0v) is 11.9. The van der Waals surface area contributed by atoms with Crippen LogP contribution in [0.1, 0.15) is 6.42 Å². The fourth-order valence-corrected chi connectivity index (χ4v) is 4.11. The Kier molecular flexibility index (Phi) is 3.63. The maximum Gasteiger partial charge on any atom is 0.228 e. The van der Waals surface area contributed by atoms with Crippen molar-refractivity contribution in [3.8, 4) is 0 Å². The number of nitrogen functional groups attached to an aromatic ring is 1. The molecule has 1 amide bonds. The summed E-state index contributed by atoms with van der Waals surface area (Å²) in [5.74, 6) is -0.694. The minimum Gasteiger partial charge on any atom is -0.399 e. The Morgan fingerprint density at radius 3 is 2.72 bits per heavy atom. The van der Waals surface area contributed by atoms with Gasteiger partial charge in [-0.3, -0.25) is 4.79 Å². The summed E-state index contributed by atoms with van der Waals surface area (Å²) < 4.78 is 23.3. The third-order valence-corrected chi connectivity index (χ3v) is 5.28. The van der Waals surface area contributed by atoms with Crippen molar-refractivity contribution in [1.29, 1.82) is 0 Å². The van der Waals surface area contributed by atoms with Gasteiger partial charge in [0.25, 0.3) is 0 Å². The third-order valence-electron chi connectivity index (χ3n) is 2.85. The Bertz CT molecular complexity index is 586.